The van der Waals surface area contributed by atoms with Gasteiger partial charge in [-0.05, 0) is 12.8 Å². The van der Waals surface area contributed by atoms with Crippen LogP contribution in [-0.4, -0.2) is 0 Å². The van der Waals surface area contributed by atoms with Crippen molar-refractivity contribution >= 4 is 0 Å². The maximum atomic E-state index is 2.41. The fraction of sp³-hybridized carbons (Fsp3) is 0.385. The molecule has 0 aliphatic heterocycles. The van der Waals surface area contributed by atoms with Crippen LogP contribution in [0.15, 0.2) is 73.1 Å². The van der Waals surface area contributed by atoms with E-state index in [2.05, 4.69) is 110 Å². The lowest BCUT2D eigenvalue weighted by Crippen LogP contribution is -3.00. The second-order valence-corrected chi connectivity index (χ2v) is 7.77. The SMILES string of the molecule is CCCC(c1ccc(C(CCC)[n+]2ccccc2C)cc1)[n+]1ccccc1C.[Br-].[Br-]. The zero-order valence-corrected chi connectivity index (χ0v) is 21.7. The van der Waals surface area contributed by atoms with E-state index in [1.54, 1.807) is 0 Å². The average Bonchev–Trinajstić information content (AvgIpc) is 2.72. The molecule has 4 heteroatoms. The first kappa shape index (κ1) is 26.5. The molecule has 0 spiro atoms. The molecule has 0 aliphatic carbocycles. The molecule has 2 heterocycles. The van der Waals surface area contributed by atoms with Crippen LogP contribution < -0.4 is 43.1 Å². The molecule has 2 atom stereocenters. The van der Waals surface area contributed by atoms with Crippen molar-refractivity contribution in [3.8, 4) is 0 Å². The Bertz CT molecular complexity index is 819. The molecule has 162 valence electrons. The normalized spacial score (nSPS) is 12.4. The highest BCUT2D eigenvalue weighted by Gasteiger charge is 2.25. The lowest BCUT2D eigenvalue weighted by molar-refractivity contribution is -0.720. The average molecular weight is 534 g/mol. The molecule has 0 aliphatic rings. The minimum atomic E-state index is 0. The molecule has 2 unspecified atom stereocenters. The van der Waals surface area contributed by atoms with Crippen molar-refractivity contribution in [1.29, 1.82) is 0 Å². The van der Waals surface area contributed by atoms with Crippen molar-refractivity contribution in [3.05, 3.63) is 95.6 Å². The van der Waals surface area contributed by atoms with Crippen molar-refractivity contribution in [3.63, 3.8) is 0 Å². The molecular weight excluding hydrogens is 500 g/mol. The molecule has 0 fully saturated rings. The number of hydrogen-bond acceptors (Lipinski definition) is 0. The molecule has 0 bridgehead atoms. The monoisotopic (exact) mass is 532 g/mol. The topological polar surface area (TPSA) is 7.76 Å². The van der Waals surface area contributed by atoms with E-state index in [9.17, 15) is 0 Å². The van der Waals surface area contributed by atoms with Crippen LogP contribution in [0, 0.1) is 13.8 Å². The first-order valence-corrected chi connectivity index (χ1v) is 10.7. The lowest BCUT2D eigenvalue weighted by atomic mass is 9.96. The molecule has 0 radical (unpaired) electrons. The summed E-state index contributed by atoms with van der Waals surface area (Å²) in [6.07, 6.45) is 9.08. The Morgan fingerprint density at radius 2 is 0.967 bits per heavy atom. The highest BCUT2D eigenvalue weighted by molar-refractivity contribution is 5.26. The first-order chi connectivity index (χ1) is 13.7. The number of benzene rings is 1. The van der Waals surface area contributed by atoms with Gasteiger partial charge in [-0.25, -0.2) is 0 Å². The van der Waals surface area contributed by atoms with Gasteiger partial charge in [0.1, 0.15) is 0 Å². The minimum Gasteiger partial charge on any atom is -1.00 e. The van der Waals surface area contributed by atoms with Crippen LogP contribution in [-0.2, 0) is 0 Å². The van der Waals surface area contributed by atoms with Crippen molar-refractivity contribution in [2.75, 3.05) is 0 Å². The Hall–Kier alpha value is -1.52. The van der Waals surface area contributed by atoms with E-state index >= 15 is 0 Å². The summed E-state index contributed by atoms with van der Waals surface area (Å²) in [6.45, 7) is 8.94. The van der Waals surface area contributed by atoms with E-state index in [1.807, 2.05) is 0 Å². The van der Waals surface area contributed by atoms with Crippen LogP contribution >= 0.6 is 0 Å². The van der Waals surface area contributed by atoms with E-state index in [1.165, 1.54) is 35.4 Å². The molecule has 3 aromatic rings. The van der Waals surface area contributed by atoms with Gasteiger partial charge in [-0.2, -0.15) is 9.13 Å². The van der Waals surface area contributed by atoms with Crippen LogP contribution in [0.2, 0.25) is 0 Å². The zero-order chi connectivity index (χ0) is 19.9. The third-order valence-electron chi connectivity index (χ3n) is 5.71. The third kappa shape index (κ3) is 6.24. The van der Waals surface area contributed by atoms with Gasteiger partial charge in [0.15, 0.2) is 35.9 Å². The maximum Gasteiger partial charge on any atom is 0.183 e. The summed E-state index contributed by atoms with van der Waals surface area (Å²) in [5, 5.41) is 0. The molecule has 30 heavy (non-hydrogen) atoms. The third-order valence-corrected chi connectivity index (χ3v) is 5.71. The summed E-state index contributed by atoms with van der Waals surface area (Å²) in [6, 6.07) is 23.1. The lowest BCUT2D eigenvalue weighted by Gasteiger charge is -2.17. The largest absolute Gasteiger partial charge is 1.00 e. The van der Waals surface area contributed by atoms with Crippen LogP contribution in [0.25, 0.3) is 0 Å². The Labute approximate surface area is 203 Å². The van der Waals surface area contributed by atoms with Crippen molar-refractivity contribution in [1.82, 2.24) is 0 Å². The van der Waals surface area contributed by atoms with Gasteiger partial charge in [0.2, 0.25) is 0 Å². The molecule has 0 amide bonds. The highest BCUT2D eigenvalue weighted by atomic mass is 79.9. The standard InChI is InChI=1S/C26H34N2.2BrH/c1-5-11-25(27-19-9-7-13-21(27)3)23-15-17-24(18-16-23)26(12-6-2)28-20-10-8-14-22(28)4;;/h7-10,13-20,25-26H,5-6,11-12H2,1-4H3;2*1H/q+2;;/p-2. The smallest absolute Gasteiger partial charge is 0.183 e. The molecule has 1 aromatic carbocycles. The number of pyridine rings is 2. The van der Waals surface area contributed by atoms with Gasteiger partial charge in [-0.1, -0.05) is 50.2 Å². The molecule has 2 aromatic heterocycles. The number of rotatable bonds is 8. The molecule has 0 saturated carbocycles. The first-order valence-electron chi connectivity index (χ1n) is 10.7. The van der Waals surface area contributed by atoms with Crippen LogP contribution in [0.4, 0.5) is 0 Å². The predicted molar refractivity (Wildman–Crippen MR) is 115 cm³/mol. The summed E-state index contributed by atoms with van der Waals surface area (Å²) in [5.41, 5.74) is 5.42. The predicted octanol–water partition coefficient (Wildman–Crippen LogP) is -0.335. The van der Waals surface area contributed by atoms with E-state index < -0.39 is 0 Å². The molecular formula is C26H34Br2N2. The van der Waals surface area contributed by atoms with Crippen molar-refractivity contribution in [2.24, 2.45) is 0 Å². The minimum absolute atomic E-state index is 0. The number of aromatic nitrogens is 2. The Kier molecular flexibility index (Phi) is 11.5. The van der Waals surface area contributed by atoms with Crippen molar-refractivity contribution < 1.29 is 43.1 Å². The molecule has 0 saturated heterocycles. The number of halogens is 2. The number of nitrogens with zero attached hydrogens (tertiary/aromatic N) is 2. The van der Waals surface area contributed by atoms with Crippen LogP contribution in [0.5, 0.6) is 0 Å². The number of aryl methyl sites for hydroxylation is 2. The molecule has 3 rings (SSSR count). The quantitative estimate of drug-likeness (QED) is 0.350. The van der Waals surface area contributed by atoms with Gasteiger partial charge >= 0.3 is 0 Å². The summed E-state index contributed by atoms with van der Waals surface area (Å²) in [7, 11) is 0. The van der Waals surface area contributed by atoms with E-state index in [-0.39, 0.29) is 34.0 Å². The zero-order valence-electron chi connectivity index (χ0n) is 18.6. The molecule has 0 N–H and O–H groups in total. The summed E-state index contributed by atoms with van der Waals surface area (Å²) < 4.78 is 4.83. The number of hydrogen-bond donors (Lipinski definition) is 0. The second kappa shape index (κ2) is 13.0. The van der Waals surface area contributed by atoms with E-state index in [0.717, 1.165) is 12.8 Å². The van der Waals surface area contributed by atoms with Gasteiger partial charge in [0.05, 0.1) is 0 Å². The van der Waals surface area contributed by atoms with Gasteiger partial charge < -0.3 is 34.0 Å². The van der Waals surface area contributed by atoms with Crippen molar-refractivity contribution in [2.45, 2.75) is 65.5 Å². The van der Waals surface area contributed by atoms with Gasteiger partial charge in [-0.3, -0.25) is 0 Å². The summed E-state index contributed by atoms with van der Waals surface area (Å²) >= 11 is 0. The van der Waals surface area contributed by atoms with Crippen LogP contribution in [0.1, 0.15) is 74.1 Å². The summed E-state index contributed by atoms with van der Waals surface area (Å²) in [4.78, 5) is 0. The Balaban J connectivity index is 0.00000225. The van der Waals surface area contributed by atoms with E-state index in [0.29, 0.717) is 12.1 Å². The summed E-state index contributed by atoms with van der Waals surface area (Å²) in [5.74, 6) is 0. The van der Waals surface area contributed by atoms with E-state index in [4.69, 9.17) is 0 Å². The fourth-order valence-electron chi connectivity index (χ4n) is 4.20. The van der Waals surface area contributed by atoms with Crippen LogP contribution in [0.3, 0.4) is 0 Å². The highest BCUT2D eigenvalue weighted by Crippen LogP contribution is 2.24. The van der Waals surface area contributed by atoms with Gasteiger partial charge in [-0.15, -0.1) is 0 Å². The molecule has 2 nitrogen and oxygen atoms in total. The van der Waals surface area contributed by atoms with Gasteiger partial charge in [0.25, 0.3) is 0 Å². The Morgan fingerprint density at radius 3 is 1.27 bits per heavy atom. The Morgan fingerprint density at radius 1 is 0.600 bits per heavy atom. The fourth-order valence-corrected chi connectivity index (χ4v) is 4.20. The maximum absolute atomic E-state index is 2.41. The van der Waals surface area contributed by atoms with Gasteiger partial charge in [0, 0.05) is 62.1 Å². The second-order valence-electron chi connectivity index (χ2n) is 7.77.